The van der Waals surface area contributed by atoms with Gasteiger partial charge in [-0.1, -0.05) is 24.4 Å². The molecule has 1 aliphatic heterocycles. The Balaban J connectivity index is 2.49. The molecule has 1 N–H and O–H groups in total. The van der Waals surface area contributed by atoms with E-state index in [2.05, 4.69) is 5.32 Å². The summed E-state index contributed by atoms with van der Waals surface area (Å²) >= 11 is 10.5. The Hall–Kier alpha value is -1.63. The second-order valence-corrected chi connectivity index (χ2v) is 5.61. The third-order valence-corrected chi connectivity index (χ3v) is 4.50. The van der Waals surface area contributed by atoms with E-state index in [4.69, 9.17) is 29.2 Å². The molecule has 0 aliphatic carbocycles. The minimum atomic E-state index is -0.220. The van der Waals surface area contributed by atoms with Gasteiger partial charge >= 0.3 is 0 Å². The summed E-state index contributed by atoms with van der Waals surface area (Å²) in [6, 6.07) is 5.61. The maximum absolute atomic E-state index is 12.3. The molecule has 0 amide bonds. The zero-order valence-electron chi connectivity index (χ0n) is 11.7. The topological polar surface area (TPSA) is 43.3 Å². The van der Waals surface area contributed by atoms with Crippen LogP contribution in [0.1, 0.15) is 29.0 Å². The zero-order chi connectivity index (χ0) is 15.1. The molecule has 0 fully saturated rings. The third kappa shape index (κ3) is 2.10. The number of nitrogens with one attached hydrogen (secondary N) is 1. The van der Waals surface area contributed by atoms with E-state index in [1.807, 2.05) is 25.1 Å². The molecular weight excluding hydrogens is 304 g/mol. The van der Waals surface area contributed by atoms with Crippen molar-refractivity contribution in [2.75, 3.05) is 7.11 Å². The highest BCUT2D eigenvalue weighted by Gasteiger charge is 2.26. The van der Waals surface area contributed by atoms with Gasteiger partial charge in [-0.3, -0.25) is 9.36 Å². The third-order valence-electron chi connectivity index (χ3n) is 3.83. The molecule has 3 rings (SSSR count). The van der Waals surface area contributed by atoms with E-state index in [0.717, 1.165) is 32.0 Å². The number of ether oxygens (including phenoxy) is 1. The number of hydrogen-bond acceptors (Lipinski definition) is 5. The molecule has 0 radical (unpaired) electrons. The number of thiocarbonyl (C=S) groups is 1. The summed E-state index contributed by atoms with van der Waals surface area (Å²) in [7, 11) is 1.61. The smallest absolute Gasteiger partial charge is 0.266 e. The fourth-order valence-corrected chi connectivity index (χ4v) is 3.28. The summed E-state index contributed by atoms with van der Waals surface area (Å²) in [5, 5.41) is 5.33. The van der Waals surface area contributed by atoms with Crippen LogP contribution in [0.5, 0.6) is 5.75 Å². The Morgan fingerprint density at radius 3 is 2.95 bits per heavy atom. The van der Waals surface area contributed by atoms with Crippen LogP contribution in [0.3, 0.4) is 0 Å². The van der Waals surface area contributed by atoms with Crippen LogP contribution < -0.4 is 10.1 Å². The van der Waals surface area contributed by atoms with Gasteiger partial charge in [-0.2, -0.15) is 0 Å². The van der Waals surface area contributed by atoms with Crippen LogP contribution >= 0.6 is 24.4 Å². The lowest BCUT2D eigenvalue weighted by Gasteiger charge is -2.17. The van der Waals surface area contributed by atoms with Gasteiger partial charge < -0.3 is 10.1 Å². The highest BCUT2D eigenvalue weighted by Crippen LogP contribution is 2.33. The van der Waals surface area contributed by atoms with Crippen LogP contribution in [0, 0.1) is 4.51 Å². The molecule has 0 saturated heterocycles. The van der Waals surface area contributed by atoms with Gasteiger partial charge in [0, 0.05) is 29.2 Å². The van der Waals surface area contributed by atoms with E-state index in [-0.39, 0.29) is 11.9 Å². The maximum atomic E-state index is 12.3. The SMILES string of the molecule is COc1ccc2c(c1)c(=S)c1c(n2C(=O)C=S)C(C)NC1. The average molecular weight is 318 g/mol. The summed E-state index contributed by atoms with van der Waals surface area (Å²) in [6.07, 6.45) is 0. The van der Waals surface area contributed by atoms with Crippen molar-refractivity contribution < 1.29 is 9.53 Å². The molecule has 1 aromatic heterocycles. The van der Waals surface area contributed by atoms with Gasteiger partial charge in [-0.25, -0.2) is 0 Å². The average Bonchev–Trinajstić information content (AvgIpc) is 2.89. The van der Waals surface area contributed by atoms with Gasteiger partial charge in [-0.05, 0) is 25.1 Å². The van der Waals surface area contributed by atoms with Crippen LogP contribution in [0.15, 0.2) is 18.2 Å². The minimum absolute atomic E-state index is 0.0621. The van der Waals surface area contributed by atoms with Gasteiger partial charge in [0.15, 0.2) is 0 Å². The number of benzene rings is 1. The Morgan fingerprint density at radius 2 is 2.29 bits per heavy atom. The predicted octanol–water partition coefficient (Wildman–Crippen LogP) is 3.18. The van der Waals surface area contributed by atoms with Gasteiger partial charge in [0.2, 0.25) is 0 Å². The van der Waals surface area contributed by atoms with Crippen LogP contribution in [0.4, 0.5) is 0 Å². The summed E-state index contributed by atoms with van der Waals surface area (Å²) in [6.45, 7) is 2.68. The molecule has 1 aromatic carbocycles. The number of carbonyl (C=O) groups excluding carboxylic acids is 1. The first-order valence-corrected chi connectivity index (χ1v) is 7.45. The van der Waals surface area contributed by atoms with Crippen LogP contribution in [0.25, 0.3) is 10.9 Å². The molecule has 0 spiro atoms. The van der Waals surface area contributed by atoms with Gasteiger partial charge in [0.1, 0.15) is 5.75 Å². The Morgan fingerprint density at radius 1 is 1.52 bits per heavy atom. The van der Waals surface area contributed by atoms with E-state index in [0.29, 0.717) is 12.3 Å². The van der Waals surface area contributed by atoms with Gasteiger partial charge in [0.25, 0.3) is 5.91 Å². The standard InChI is InChI=1S/C15H14N2O2S2/c1-8-14-11(6-16-8)15(21)10-5-9(19-2)3-4-12(10)17(14)13(18)7-20/h3-5,7-8,16H,6H2,1-2H3. The molecule has 1 atom stereocenters. The number of hydrogen-bond donors (Lipinski definition) is 1. The Bertz CT molecular complexity index is 827. The lowest BCUT2D eigenvalue weighted by atomic mass is 10.1. The van der Waals surface area contributed by atoms with Crippen molar-refractivity contribution in [3.63, 3.8) is 0 Å². The quantitative estimate of drug-likeness (QED) is 0.862. The summed E-state index contributed by atoms with van der Waals surface area (Å²) in [4.78, 5) is 12.3. The predicted molar refractivity (Wildman–Crippen MR) is 88.9 cm³/mol. The summed E-state index contributed by atoms with van der Waals surface area (Å²) in [5.74, 6) is 0.496. The Kier molecular flexibility index (Phi) is 3.61. The van der Waals surface area contributed by atoms with E-state index < -0.39 is 0 Å². The largest absolute Gasteiger partial charge is 0.497 e. The fourth-order valence-electron chi connectivity index (χ4n) is 2.83. The molecule has 0 saturated carbocycles. The van der Waals surface area contributed by atoms with Gasteiger partial charge in [0.05, 0.1) is 22.5 Å². The van der Waals surface area contributed by atoms with E-state index in [1.165, 1.54) is 0 Å². The number of carbonyl (C=O) groups is 1. The van der Waals surface area contributed by atoms with E-state index in [9.17, 15) is 4.79 Å². The number of rotatable bonds is 2. The summed E-state index contributed by atoms with van der Waals surface area (Å²) < 4.78 is 7.69. The Labute approximate surface area is 132 Å². The van der Waals surface area contributed by atoms with E-state index >= 15 is 0 Å². The normalized spacial score (nSPS) is 16.8. The molecule has 2 aromatic rings. The fraction of sp³-hybridized carbons (Fsp3) is 0.267. The van der Waals surface area contributed by atoms with Crippen molar-refractivity contribution in [3.8, 4) is 5.75 Å². The molecule has 1 aliphatic rings. The highest BCUT2D eigenvalue weighted by molar-refractivity contribution is 7.80. The molecule has 108 valence electrons. The highest BCUT2D eigenvalue weighted by atomic mass is 32.1. The number of nitrogens with zero attached hydrogens (tertiary/aromatic N) is 1. The molecule has 21 heavy (non-hydrogen) atoms. The lowest BCUT2D eigenvalue weighted by Crippen LogP contribution is -2.20. The molecule has 0 bridgehead atoms. The number of pyridine rings is 1. The van der Waals surface area contributed by atoms with Gasteiger partial charge in [-0.15, -0.1) is 0 Å². The molecule has 6 heteroatoms. The molecule has 2 heterocycles. The second kappa shape index (κ2) is 5.29. The maximum Gasteiger partial charge on any atom is 0.266 e. The van der Waals surface area contributed by atoms with Crippen LogP contribution in [0.2, 0.25) is 0 Å². The molecule has 1 unspecified atom stereocenters. The van der Waals surface area contributed by atoms with E-state index in [1.54, 1.807) is 11.7 Å². The summed E-state index contributed by atoms with van der Waals surface area (Å²) in [5.41, 5.74) is 2.66. The number of fused-ring (bicyclic) bond motifs is 2. The van der Waals surface area contributed by atoms with Crippen molar-refractivity contribution in [1.29, 1.82) is 0 Å². The monoisotopic (exact) mass is 318 g/mol. The number of aromatic nitrogens is 1. The first-order valence-electron chi connectivity index (χ1n) is 6.57. The first-order chi connectivity index (χ1) is 10.1. The second-order valence-electron chi connectivity index (χ2n) is 4.97. The zero-order valence-corrected chi connectivity index (χ0v) is 13.3. The number of methoxy groups -OCH3 is 1. The lowest BCUT2D eigenvalue weighted by molar-refractivity contribution is 0.0998. The van der Waals surface area contributed by atoms with Crippen molar-refractivity contribution >= 4 is 46.6 Å². The molecule has 4 nitrogen and oxygen atoms in total. The minimum Gasteiger partial charge on any atom is -0.497 e. The van der Waals surface area contributed by atoms with Crippen LogP contribution in [-0.2, 0) is 6.54 Å². The van der Waals surface area contributed by atoms with Crippen molar-refractivity contribution in [2.24, 2.45) is 0 Å². The van der Waals surface area contributed by atoms with Crippen LogP contribution in [-0.4, -0.2) is 23.0 Å². The van der Waals surface area contributed by atoms with Crippen molar-refractivity contribution in [1.82, 2.24) is 9.88 Å². The molecular formula is C15H14N2O2S2. The van der Waals surface area contributed by atoms with Crippen molar-refractivity contribution in [2.45, 2.75) is 19.5 Å². The first kappa shape index (κ1) is 14.3. The van der Waals surface area contributed by atoms with Crippen molar-refractivity contribution in [3.05, 3.63) is 34.0 Å².